The molecule has 10 heteroatoms. The smallest absolute Gasteiger partial charge is 0.309 e. The van der Waals surface area contributed by atoms with Crippen LogP contribution < -0.4 is 10.6 Å². The third-order valence-electron chi connectivity index (χ3n) is 6.99. The number of aryl methyl sites for hydroxylation is 1. The minimum absolute atomic E-state index is 0.0556. The van der Waals surface area contributed by atoms with Crippen molar-refractivity contribution in [3.63, 3.8) is 0 Å². The molecule has 5 rings (SSSR count). The van der Waals surface area contributed by atoms with Crippen molar-refractivity contribution >= 4 is 45.0 Å². The zero-order valence-electron chi connectivity index (χ0n) is 20.5. The summed E-state index contributed by atoms with van der Waals surface area (Å²) in [6, 6.07) is 6.17. The minimum Gasteiger partial charge on any atom is -0.469 e. The van der Waals surface area contributed by atoms with Crippen molar-refractivity contribution in [3.8, 4) is 11.3 Å². The molecular weight excluding hydrogens is 500 g/mol. The van der Waals surface area contributed by atoms with E-state index in [1.807, 2.05) is 18.2 Å². The van der Waals surface area contributed by atoms with Gasteiger partial charge in [-0.05, 0) is 49.6 Å². The number of carbonyl (C=O) groups excluding carboxylic acids is 2. The molecule has 1 saturated carbocycles. The molecule has 0 spiro atoms. The highest BCUT2D eigenvalue weighted by molar-refractivity contribution is 7.19. The molecule has 0 bridgehead atoms. The van der Waals surface area contributed by atoms with Gasteiger partial charge >= 0.3 is 5.97 Å². The van der Waals surface area contributed by atoms with Gasteiger partial charge in [0.15, 0.2) is 0 Å². The number of nitrogens with zero attached hydrogens (tertiary/aromatic N) is 2. The SMILES string of the molecule is COC(=O)C1CC1C(=O)NCc1cc2ncnc(-c3cc(Cl)cc(C)c3C[C@H]3OCCN[C@@H]3C)c2s1. The minimum atomic E-state index is -0.328. The molecule has 3 heterocycles. The standard InChI is InChI=1S/C26H29ClN4O4S/c1-13-6-15(27)7-18(17(13)10-22-14(2)28-4-5-35-22)23-24-21(30-12-31-23)8-16(36-24)11-29-25(32)19-9-20(19)26(33)34-3/h6-8,12,14,19-20,22,28H,4-5,9-11H2,1-3H3,(H,29,32)/t14-,19?,20?,22-/m1/s1. The van der Waals surface area contributed by atoms with Crippen LogP contribution in [0.2, 0.25) is 5.02 Å². The number of benzene rings is 1. The Morgan fingerprint density at radius 3 is 2.89 bits per heavy atom. The number of rotatable bonds is 7. The number of hydrogen-bond donors (Lipinski definition) is 2. The van der Waals surface area contributed by atoms with Gasteiger partial charge in [0.25, 0.3) is 0 Å². The number of fused-ring (bicyclic) bond motifs is 1. The maximum atomic E-state index is 12.5. The highest BCUT2D eigenvalue weighted by Crippen LogP contribution is 2.40. The van der Waals surface area contributed by atoms with Crippen molar-refractivity contribution in [1.82, 2.24) is 20.6 Å². The van der Waals surface area contributed by atoms with Crippen molar-refractivity contribution < 1.29 is 19.1 Å². The molecule has 2 unspecified atom stereocenters. The Bertz CT molecular complexity index is 1310. The van der Waals surface area contributed by atoms with E-state index in [9.17, 15) is 9.59 Å². The van der Waals surface area contributed by atoms with E-state index in [4.69, 9.17) is 21.1 Å². The summed E-state index contributed by atoms with van der Waals surface area (Å²) in [5, 5.41) is 7.09. The Kier molecular flexibility index (Phi) is 7.25. The molecule has 1 amide bonds. The summed E-state index contributed by atoms with van der Waals surface area (Å²) < 4.78 is 11.8. The Balaban J connectivity index is 1.41. The fraction of sp³-hybridized carbons (Fsp3) is 0.462. The molecule has 3 aromatic rings. The average molecular weight is 529 g/mol. The summed E-state index contributed by atoms with van der Waals surface area (Å²) in [5.74, 6) is -1.09. The zero-order valence-corrected chi connectivity index (χ0v) is 22.0. The molecule has 1 aliphatic carbocycles. The zero-order chi connectivity index (χ0) is 25.4. The molecule has 2 aliphatic rings. The van der Waals surface area contributed by atoms with Crippen molar-refractivity contribution in [1.29, 1.82) is 0 Å². The van der Waals surface area contributed by atoms with Gasteiger partial charge in [-0.2, -0.15) is 0 Å². The van der Waals surface area contributed by atoms with Crippen LogP contribution in [0.15, 0.2) is 24.5 Å². The predicted molar refractivity (Wildman–Crippen MR) is 139 cm³/mol. The van der Waals surface area contributed by atoms with Gasteiger partial charge in [-0.15, -0.1) is 11.3 Å². The molecule has 1 saturated heterocycles. The monoisotopic (exact) mass is 528 g/mol. The van der Waals surface area contributed by atoms with E-state index in [1.165, 1.54) is 7.11 Å². The molecule has 1 aromatic carbocycles. The highest BCUT2D eigenvalue weighted by Gasteiger charge is 2.48. The molecule has 1 aliphatic heterocycles. The molecule has 2 aromatic heterocycles. The van der Waals surface area contributed by atoms with Crippen LogP contribution in [0.25, 0.3) is 21.5 Å². The number of hydrogen-bond acceptors (Lipinski definition) is 8. The Morgan fingerprint density at radius 2 is 2.11 bits per heavy atom. The Labute approximate surface area is 218 Å². The van der Waals surface area contributed by atoms with E-state index < -0.39 is 0 Å². The number of halogens is 1. The lowest BCUT2D eigenvalue weighted by atomic mass is 9.92. The number of amides is 1. The first-order chi connectivity index (χ1) is 17.4. The van der Waals surface area contributed by atoms with Gasteiger partial charge in [0.1, 0.15) is 6.33 Å². The van der Waals surface area contributed by atoms with Crippen LogP contribution >= 0.6 is 22.9 Å². The summed E-state index contributed by atoms with van der Waals surface area (Å²) in [5.41, 5.74) is 4.88. The van der Waals surface area contributed by atoms with Crippen molar-refractivity contribution in [2.75, 3.05) is 20.3 Å². The van der Waals surface area contributed by atoms with Crippen LogP contribution in [0.1, 0.15) is 29.3 Å². The summed E-state index contributed by atoms with van der Waals surface area (Å²) in [4.78, 5) is 34.2. The van der Waals surface area contributed by atoms with E-state index >= 15 is 0 Å². The Hall–Kier alpha value is -2.59. The van der Waals surface area contributed by atoms with E-state index in [0.717, 1.165) is 50.4 Å². The number of nitrogens with one attached hydrogen (secondary N) is 2. The van der Waals surface area contributed by atoms with Gasteiger partial charge in [-0.25, -0.2) is 9.97 Å². The third-order valence-corrected chi connectivity index (χ3v) is 8.34. The topological polar surface area (TPSA) is 102 Å². The van der Waals surface area contributed by atoms with Crippen molar-refractivity contribution in [3.05, 3.63) is 45.6 Å². The maximum Gasteiger partial charge on any atom is 0.309 e. The Morgan fingerprint density at radius 1 is 1.28 bits per heavy atom. The fourth-order valence-electron chi connectivity index (χ4n) is 4.85. The van der Waals surface area contributed by atoms with Crippen LogP contribution in [0.3, 0.4) is 0 Å². The van der Waals surface area contributed by atoms with Crippen LogP contribution in [-0.4, -0.2) is 54.3 Å². The van der Waals surface area contributed by atoms with E-state index in [1.54, 1.807) is 17.7 Å². The molecule has 2 N–H and O–H groups in total. The van der Waals surface area contributed by atoms with E-state index in [-0.39, 0.29) is 35.9 Å². The van der Waals surface area contributed by atoms with Crippen LogP contribution in [-0.2, 0) is 32.0 Å². The summed E-state index contributed by atoms with van der Waals surface area (Å²) >= 11 is 8.05. The number of morpholine rings is 1. The largest absolute Gasteiger partial charge is 0.469 e. The number of ether oxygens (including phenoxy) is 2. The molecule has 8 nitrogen and oxygen atoms in total. The van der Waals surface area contributed by atoms with Gasteiger partial charge in [0.2, 0.25) is 5.91 Å². The molecule has 2 fully saturated rings. The molecule has 0 radical (unpaired) electrons. The van der Waals surface area contributed by atoms with Crippen LogP contribution in [0, 0.1) is 18.8 Å². The summed E-state index contributed by atoms with van der Waals surface area (Å²) in [6.07, 6.45) is 2.91. The molecule has 4 atom stereocenters. The fourth-order valence-corrected chi connectivity index (χ4v) is 6.18. The summed E-state index contributed by atoms with van der Waals surface area (Å²) in [6.45, 7) is 6.13. The van der Waals surface area contributed by atoms with Gasteiger partial charge in [-0.1, -0.05) is 11.6 Å². The average Bonchev–Trinajstić information content (AvgIpc) is 3.56. The molecule has 36 heavy (non-hydrogen) atoms. The number of esters is 1. The van der Waals surface area contributed by atoms with Gasteiger partial charge in [0.05, 0.1) is 54.1 Å². The van der Waals surface area contributed by atoms with E-state index in [0.29, 0.717) is 24.6 Å². The lowest BCUT2D eigenvalue weighted by Gasteiger charge is -2.31. The van der Waals surface area contributed by atoms with Gasteiger partial charge in [-0.3, -0.25) is 9.59 Å². The number of carbonyl (C=O) groups is 2. The highest BCUT2D eigenvalue weighted by atomic mass is 35.5. The first-order valence-electron chi connectivity index (χ1n) is 12.1. The second kappa shape index (κ2) is 10.4. The first-order valence-corrected chi connectivity index (χ1v) is 13.3. The normalized spacial score (nSPS) is 23.4. The van der Waals surface area contributed by atoms with Gasteiger partial charge in [0, 0.05) is 34.5 Å². The second-order valence-corrected chi connectivity index (χ2v) is 11.0. The first kappa shape index (κ1) is 25.1. The second-order valence-electron chi connectivity index (χ2n) is 9.44. The third kappa shape index (κ3) is 5.11. The number of thiophene rings is 1. The van der Waals surface area contributed by atoms with Gasteiger partial charge < -0.3 is 20.1 Å². The van der Waals surface area contributed by atoms with Crippen LogP contribution in [0.4, 0.5) is 0 Å². The lowest BCUT2D eigenvalue weighted by molar-refractivity contribution is -0.143. The quantitative estimate of drug-likeness (QED) is 0.451. The predicted octanol–water partition coefficient (Wildman–Crippen LogP) is 3.66. The number of aromatic nitrogens is 2. The number of methoxy groups -OCH3 is 1. The van der Waals surface area contributed by atoms with Crippen molar-refractivity contribution in [2.45, 2.75) is 45.4 Å². The van der Waals surface area contributed by atoms with E-state index in [2.05, 4.69) is 34.4 Å². The molecular formula is C26H29ClN4O4S. The summed E-state index contributed by atoms with van der Waals surface area (Å²) in [7, 11) is 1.35. The lowest BCUT2D eigenvalue weighted by Crippen LogP contribution is -2.47. The van der Waals surface area contributed by atoms with Crippen molar-refractivity contribution in [2.24, 2.45) is 11.8 Å². The molecule has 190 valence electrons. The maximum absolute atomic E-state index is 12.5. The van der Waals surface area contributed by atoms with Crippen LogP contribution in [0.5, 0.6) is 0 Å².